The number of hydrogen-bond donors (Lipinski definition) is 1. The normalized spacial score (nSPS) is 25.7. The molecule has 1 heterocycles. The minimum atomic E-state index is -0.777. The molecule has 0 radical (unpaired) electrons. The smallest absolute Gasteiger partial charge is 0.321 e. The summed E-state index contributed by atoms with van der Waals surface area (Å²) in [7, 11) is 0. The summed E-state index contributed by atoms with van der Waals surface area (Å²) in [6, 6.07) is -0.500. The summed E-state index contributed by atoms with van der Waals surface area (Å²) in [5, 5.41) is 9.52. The van der Waals surface area contributed by atoms with Crippen molar-refractivity contribution in [2.45, 2.75) is 84.8 Å². The molecule has 5 heteroatoms. The molecule has 130 valence electrons. The van der Waals surface area contributed by atoms with E-state index in [0.29, 0.717) is 13.1 Å². The van der Waals surface area contributed by atoms with Crippen LogP contribution in [0.1, 0.15) is 55.4 Å². The predicted molar refractivity (Wildman–Crippen MR) is 87.1 cm³/mol. The third kappa shape index (κ3) is 5.86. The molecule has 3 atom stereocenters. The zero-order valence-electron chi connectivity index (χ0n) is 15.3. The third-order valence-corrected chi connectivity index (χ3v) is 3.53. The van der Waals surface area contributed by atoms with E-state index >= 15 is 0 Å². The van der Waals surface area contributed by atoms with Gasteiger partial charge >= 0.3 is 5.97 Å². The monoisotopic (exact) mass is 315 g/mol. The van der Waals surface area contributed by atoms with E-state index in [0.717, 1.165) is 0 Å². The molecule has 0 aromatic rings. The summed E-state index contributed by atoms with van der Waals surface area (Å²) in [5.74, 6) is -0.734. The first-order valence-corrected chi connectivity index (χ1v) is 8.12. The number of hydrogen-bond acceptors (Lipinski definition) is 4. The van der Waals surface area contributed by atoms with Crippen LogP contribution in [0.3, 0.4) is 0 Å². The summed E-state index contributed by atoms with van der Waals surface area (Å²) < 4.78 is 12.3. The van der Waals surface area contributed by atoms with E-state index in [1.54, 1.807) is 0 Å². The Labute approximate surface area is 135 Å². The average Bonchev–Trinajstić information content (AvgIpc) is 2.54. The molecular formula is C17H33NO4. The summed E-state index contributed by atoms with van der Waals surface area (Å²) in [5.41, 5.74) is -0.562. The van der Waals surface area contributed by atoms with Gasteiger partial charge in [0, 0.05) is 13.1 Å². The zero-order chi connectivity index (χ0) is 17.3. The van der Waals surface area contributed by atoms with Gasteiger partial charge in [0.15, 0.2) is 0 Å². The van der Waals surface area contributed by atoms with Gasteiger partial charge in [-0.3, -0.25) is 9.69 Å². The van der Waals surface area contributed by atoms with Gasteiger partial charge < -0.3 is 14.6 Å². The van der Waals surface area contributed by atoms with E-state index in [9.17, 15) is 9.90 Å². The largest absolute Gasteiger partial charge is 0.480 e. The van der Waals surface area contributed by atoms with Gasteiger partial charge in [0.05, 0.1) is 23.4 Å². The molecule has 0 aromatic heterocycles. The lowest BCUT2D eigenvalue weighted by Gasteiger charge is -2.32. The van der Waals surface area contributed by atoms with Gasteiger partial charge in [-0.25, -0.2) is 0 Å². The van der Waals surface area contributed by atoms with Gasteiger partial charge in [-0.05, 0) is 47.5 Å². The van der Waals surface area contributed by atoms with Gasteiger partial charge in [0.2, 0.25) is 0 Å². The zero-order valence-corrected chi connectivity index (χ0v) is 15.3. The average molecular weight is 315 g/mol. The predicted octanol–water partition coefficient (Wildman–Crippen LogP) is 2.78. The van der Waals surface area contributed by atoms with Gasteiger partial charge in [0.25, 0.3) is 0 Å². The molecule has 1 fully saturated rings. The first-order chi connectivity index (χ1) is 9.80. The number of likely N-dealkylation sites (tertiary alicyclic amines) is 1. The lowest BCUT2D eigenvalue weighted by Crippen LogP contribution is -2.44. The molecular weight excluding hydrogens is 282 g/mol. The maximum Gasteiger partial charge on any atom is 0.321 e. The number of ether oxygens (including phenoxy) is 2. The van der Waals surface area contributed by atoms with Crippen LogP contribution in [-0.4, -0.2) is 58.5 Å². The highest BCUT2D eigenvalue weighted by Crippen LogP contribution is 2.28. The Kier molecular flexibility index (Phi) is 6.04. The van der Waals surface area contributed by atoms with E-state index in [4.69, 9.17) is 9.47 Å². The van der Waals surface area contributed by atoms with Gasteiger partial charge in [-0.15, -0.1) is 0 Å². The van der Waals surface area contributed by atoms with E-state index < -0.39 is 12.0 Å². The van der Waals surface area contributed by atoms with Crippen LogP contribution in [0.4, 0.5) is 0 Å². The van der Waals surface area contributed by atoms with E-state index in [1.807, 2.05) is 60.3 Å². The number of nitrogens with zero attached hydrogens (tertiary/aromatic N) is 1. The maximum absolute atomic E-state index is 11.6. The molecule has 0 amide bonds. The Morgan fingerprint density at radius 3 is 1.59 bits per heavy atom. The summed E-state index contributed by atoms with van der Waals surface area (Å²) >= 11 is 0. The quantitative estimate of drug-likeness (QED) is 0.845. The number of carboxylic acid groups (broad SMARTS) is 1. The van der Waals surface area contributed by atoms with Crippen LogP contribution < -0.4 is 0 Å². The molecule has 0 bridgehead atoms. The first-order valence-electron chi connectivity index (χ1n) is 8.12. The van der Waals surface area contributed by atoms with Gasteiger partial charge in [-0.1, -0.05) is 13.8 Å². The SMILES string of the molecule is CC(C)C(C(=O)O)N1CC(OC(C)(C)C)C(OC(C)(C)C)C1. The van der Waals surface area contributed by atoms with Gasteiger partial charge in [-0.2, -0.15) is 0 Å². The van der Waals surface area contributed by atoms with Crippen molar-refractivity contribution in [3.63, 3.8) is 0 Å². The van der Waals surface area contributed by atoms with Crippen molar-refractivity contribution >= 4 is 5.97 Å². The molecule has 1 N–H and O–H groups in total. The van der Waals surface area contributed by atoms with Crippen molar-refractivity contribution in [3.05, 3.63) is 0 Å². The van der Waals surface area contributed by atoms with Crippen LogP contribution in [0.5, 0.6) is 0 Å². The van der Waals surface area contributed by atoms with Crippen molar-refractivity contribution in [2.24, 2.45) is 5.92 Å². The second-order valence-corrected chi connectivity index (χ2v) is 8.52. The minimum absolute atomic E-state index is 0.0428. The van der Waals surface area contributed by atoms with Gasteiger partial charge in [0.1, 0.15) is 6.04 Å². The highest BCUT2D eigenvalue weighted by atomic mass is 16.6. The summed E-state index contributed by atoms with van der Waals surface area (Å²) in [4.78, 5) is 13.6. The van der Waals surface area contributed by atoms with Crippen LogP contribution in [0.15, 0.2) is 0 Å². The molecule has 0 aliphatic carbocycles. The standard InChI is InChI=1S/C17H33NO4/c1-11(2)14(15(19)20)18-9-12(21-16(3,4)5)13(10-18)22-17(6,7)8/h11-14H,9-10H2,1-8H3,(H,19,20). The Morgan fingerprint density at radius 1 is 1.00 bits per heavy atom. The molecule has 1 rings (SSSR count). The molecule has 5 nitrogen and oxygen atoms in total. The fourth-order valence-corrected chi connectivity index (χ4v) is 3.00. The Hall–Kier alpha value is -0.650. The number of rotatable bonds is 5. The first kappa shape index (κ1) is 19.4. The molecule has 3 unspecified atom stereocenters. The van der Waals surface area contributed by atoms with Crippen molar-refractivity contribution in [1.29, 1.82) is 0 Å². The maximum atomic E-state index is 11.6. The Morgan fingerprint density at radius 2 is 1.36 bits per heavy atom. The molecule has 0 saturated carbocycles. The van der Waals surface area contributed by atoms with Crippen molar-refractivity contribution in [1.82, 2.24) is 4.90 Å². The lowest BCUT2D eigenvalue weighted by atomic mass is 10.0. The number of carboxylic acids is 1. The fourth-order valence-electron chi connectivity index (χ4n) is 3.00. The lowest BCUT2D eigenvalue weighted by molar-refractivity contribution is -0.145. The third-order valence-electron chi connectivity index (χ3n) is 3.53. The molecule has 1 aliphatic rings. The van der Waals surface area contributed by atoms with Crippen molar-refractivity contribution < 1.29 is 19.4 Å². The molecule has 1 aliphatic heterocycles. The van der Waals surface area contributed by atoms with Crippen LogP contribution >= 0.6 is 0 Å². The number of carbonyl (C=O) groups is 1. The van der Waals surface area contributed by atoms with Crippen LogP contribution in [-0.2, 0) is 14.3 Å². The molecule has 0 spiro atoms. The van der Waals surface area contributed by atoms with Crippen molar-refractivity contribution in [3.8, 4) is 0 Å². The fraction of sp³-hybridized carbons (Fsp3) is 0.941. The number of aliphatic carboxylic acids is 1. The second kappa shape index (κ2) is 6.85. The van der Waals surface area contributed by atoms with Crippen molar-refractivity contribution in [2.75, 3.05) is 13.1 Å². The van der Waals surface area contributed by atoms with Crippen LogP contribution in [0.25, 0.3) is 0 Å². The summed E-state index contributed by atoms with van der Waals surface area (Å²) in [6.45, 7) is 17.2. The highest BCUT2D eigenvalue weighted by molar-refractivity contribution is 5.73. The second-order valence-electron chi connectivity index (χ2n) is 8.52. The Balaban J connectivity index is 2.92. The van der Waals surface area contributed by atoms with E-state index in [1.165, 1.54) is 0 Å². The molecule has 22 heavy (non-hydrogen) atoms. The van der Waals surface area contributed by atoms with E-state index in [-0.39, 0.29) is 29.3 Å². The summed E-state index contributed by atoms with van der Waals surface area (Å²) in [6.07, 6.45) is -0.223. The van der Waals surface area contributed by atoms with Crippen LogP contribution in [0.2, 0.25) is 0 Å². The molecule has 0 aromatic carbocycles. The highest BCUT2D eigenvalue weighted by Gasteiger charge is 2.43. The van der Waals surface area contributed by atoms with Crippen LogP contribution in [0, 0.1) is 5.92 Å². The minimum Gasteiger partial charge on any atom is -0.480 e. The molecule has 1 saturated heterocycles. The Bertz CT molecular complexity index is 357. The topological polar surface area (TPSA) is 59.0 Å². The van der Waals surface area contributed by atoms with E-state index in [2.05, 4.69) is 0 Å².